The maximum Gasteiger partial charge on any atom is 0.322 e. The molecule has 0 radical (unpaired) electrons. The average Bonchev–Trinajstić information content (AvgIpc) is 3.46. The van der Waals surface area contributed by atoms with Gasteiger partial charge in [0.05, 0.1) is 12.1 Å². The molecule has 1 saturated carbocycles. The number of halogens is 1. The van der Waals surface area contributed by atoms with E-state index in [1.54, 1.807) is 12.1 Å². The van der Waals surface area contributed by atoms with Gasteiger partial charge in [0.1, 0.15) is 11.4 Å². The van der Waals surface area contributed by atoms with Gasteiger partial charge in [0.2, 0.25) is 0 Å². The van der Waals surface area contributed by atoms with E-state index in [4.69, 9.17) is 0 Å². The van der Waals surface area contributed by atoms with Gasteiger partial charge in [-0.2, -0.15) is 0 Å². The largest absolute Gasteiger partial charge is 0.349 e. The molecule has 2 aliphatic rings. The Hall–Kier alpha value is -3.22. The minimum atomic E-state index is -1.16. The molecule has 1 aliphatic carbocycles. The number of carbonyl (C=O) groups excluding carboxylic acids is 3. The number of urea groups is 1. The summed E-state index contributed by atoms with van der Waals surface area (Å²) in [5, 5.41) is 7.54. The van der Waals surface area contributed by atoms with Gasteiger partial charge >= 0.3 is 6.03 Å². The summed E-state index contributed by atoms with van der Waals surface area (Å²) in [6.45, 7) is 1.86. The first-order chi connectivity index (χ1) is 13.4. The number of carbonyl (C=O) groups is 3. The van der Waals surface area contributed by atoms with E-state index in [1.807, 2.05) is 31.2 Å². The molecule has 0 aromatic heterocycles. The van der Waals surface area contributed by atoms with Crippen LogP contribution < -0.4 is 16.0 Å². The molecule has 6 nitrogen and oxygen atoms in total. The van der Waals surface area contributed by atoms with Crippen LogP contribution >= 0.6 is 0 Å². The Morgan fingerprint density at radius 1 is 1.18 bits per heavy atom. The van der Waals surface area contributed by atoms with Gasteiger partial charge in [-0.3, -0.25) is 14.9 Å². The molecule has 3 N–H and O–H groups in total. The molecule has 1 atom stereocenters. The van der Waals surface area contributed by atoms with Crippen molar-refractivity contribution in [1.82, 2.24) is 16.0 Å². The van der Waals surface area contributed by atoms with Crippen molar-refractivity contribution in [2.45, 2.75) is 25.3 Å². The maximum absolute atomic E-state index is 14.6. The molecule has 0 unspecified atom stereocenters. The maximum atomic E-state index is 14.6. The lowest BCUT2D eigenvalue weighted by molar-refractivity contribution is -0.124. The number of hydrogen-bond donors (Lipinski definition) is 3. The van der Waals surface area contributed by atoms with Gasteiger partial charge in [-0.1, -0.05) is 42.0 Å². The quantitative estimate of drug-likeness (QED) is 0.696. The second kappa shape index (κ2) is 6.74. The van der Waals surface area contributed by atoms with Crippen molar-refractivity contribution in [3.8, 4) is 11.1 Å². The highest BCUT2D eigenvalue weighted by atomic mass is 19.1. The van der Waals surface area contributed by atoms with Crippen LogP contribution in [0.25, 0.3) is 11.1 Å². The molecule has 28 heavy (non-hydrogen) atoms. The number of benzene rings is 2. The van der Waals surface area contributed by atoms with Crippen LogP contribution in [-0.4, -0.2) is 29.9 Å². The van der Waals surface area contributed by atoms with E-state index in [0.29, 0.717) is 5.56 Å². The minimum absolute atomic E-state index is 0.0311. The second-order valence-corrected chi connectivity index (χ2v) is 7.36. The van der Waals surface area contributed by atoms with Crippen LogP contribution in [0.1, 0.15) is 28.8 Å². The molecule has 4 amide bonds. The fourth-order valence-electron chi connectivity index (χ4n) is 3.67. The molecule has 0 spiro atoms. The predicted octanol–water partition coefficient (Wildman–Crippen LogP) is 2.52. The van der Waals surface area contributed by atoms with Crippen molar-refractivity contribution >= 4 is 17.8 Å². The molecule has 2 aromatic carbocycles. The van der Waals surface area contributed by atoms with E-state index in [0.717, 1.165) is 24.0 Å². The SMILES string of the molecule is Cc1ccc(-c2cccc(F)c2C(=O)NC[C@@]2(C3CC3)NC(=O)NC2=O)cc1. The summed E-state index contributed by atoms with van der Waals surface area (Å²) in [5.41, 5.74) is 1.00. The third-order valence-electron chi connectivity index (χ3n) is 5.37. The lowest BCUT2D eigenvalue weighted by Gasteiger charge is -2.26. The summed E-state index contributed by atoms with van der Waals surface area (Å²) in [6.07, 6.45) is 1.58. The van der Waals surface area contributed by atoms with Crippen LogP contribution in [0.2, 0.25) is 0 Å². The molecule has 1 heterocycles. The summed E-state index contributed by atoms with van der Waals surface area (Å²) in [7, 11) is 0. The molecule has 144 valence electrons. The Bertz CT molecular complexity index is 969. The van der Waals surface area contributed by atoms with Crippen LogP contribution in [0.3, 0.4) is 0 Å². The zero-order chi connectivity index (χ0) is 19.9. The normalized spacial score (nSPS) is 21.2. The van der Waals surface area contributed by atoms with E-state index in [9.17, 15) is 18.8 Å². The fourth-order valence-corrected chi connectivity index (χ4v) is 3.67. The standard InChI is InChI=1S/C21H20FN3O3/c1-12-5-7-13(8-6-12)15-3-2-4-16(22)17(15)18(26)23-11-21(14-9-10-14)19(27)24-20(28)25-21/h2-8,14H,9-11H2,1H3,(H,23,26)(H2,24,25,27,28)/t21-/m0/s1. The van der Waals surface area contributed by atoms with Crippen LogP contribution in [0.5, 0.6) is 0 Å². The monoisotopic (exact) mass is 381 g/mol. The van der Waals surface area contributed by atoms with Crippen molar-refractivity contribution in [2.75, 3.05) is 6.54 Å². The Balaban J connectivity index is 1.61. The Morgan fingerprint density at radius 2 is 1.89 bits per heavy atom. The lowest BCUT2D eigenvalue weighted by Crippen LogP contribution is -2.57. The minimum Gasteiger partial charge on any atom is -0.349 e. The third-order valence-corrected chi connectivity index (χ3v) is 5.37. The highest BCUT2D eigenvalue weighted by Crippen LogP contribution is 2.41. The first-order valence-electron chi connectivity index (χ1n) is 9.18. The lowest BCUT2D eigenvalue weighted by atomic mass is 9.92. The predicted molar refractivity (Wildman–Crippen MR) is 101 cm³/mol. The van der Waals surface area contributed by atoms with E-state index in [-0.39, 0.29) is 18.0 Å². The number of aryl methyl sites for hydroxylation is 1. The van der Waals surface area contributed by atoms with Crippen LogP contribution in [-0.2, 0) is 4.79 Å². The van der Waals surface area contributed by atoms with Crippen LogP contribution in [0, 0.1) is 18.7 Å². The molecule has 1 saturated heterocycles. The van der Waals surface area contributed by atoms with Gasteiger partial charge in [-0.25, -0.2) is 9.18 Å². The highest BCUT2D eigenvalue weighted by Gasteiger charge is 2.56. The Labute approximate surface area is 161 Å². The van der Waals surface area contributed by atoms with E-state index in [1.165, 1.54) is 6.07 Å². The third kappa shape index (κ3) is 3.13. The van der Waals surface area contributed by atoms with Crippen LogP contribution in [0.4, 0.5) is 9.18 Å². The van der Waals surface area contributed by atoms with Gasteiger partial charge in [0, 0.05) is 0 Å². The highest BCUT2D eigenvalue weighted by molar-refractivity contribution is 6.08. The van der Waals surface area contributed by atoms with Crippen molar-refractivity contribution in [2.24, 2.45) is 5.92 Å². The molecular weight excluding hydrogens is 361 g/mol. The molecule has 4 rings (SSSR count). The molecule has 2 aromatic rings. The van der Waals surface area contributed by atoms with Crippen molar-refractivity contribution in [3.63, 3.8) is 0 Å². The molecule has 1 aliphatic heterocycles. The first-order valence-corrected chi connectivity index (χ1v) is 9.18. The van der Waals surface area contributed by atoms with Crippen molar-refractivity contribution < 1.29 is 18.8 Å². The van der Waals surface area contributed by atoms with Gasteiger partial charge in [0.25, 0.3) is 11.8 Å². The smallest absolute Gasteiger partial charge is 0.322 e. The van der Waals surface area contributed by atoms with Gasteiger partial charge in [0.15, 0.2) is 0 Å². The van der Waals surface area contributed by atoms with E-state index in [2.05, 4.69) is 16.0 Å². The van der Waals surface area contributed by atoms with E-state index < -0.39 is 29.2 Å². The number of hydrogen-bond acceptors (Lipinski definition) is 3. The Morgan fingerprint density at radius 3 is 2.50 bits per heavy atom. The topological polar surface area (TPSA) is 87.3 Å². The number of rotatable bonds is 5. The number of imide groups is 1. The zero-order valence-electron chi connectivity index (χ0n) is 15.3. The summed E-state index contributed by atoms with van der Waals surface area (Å²) >= 11 is 0. The zero-order valence-corrected chi connectivity index (χ0v) is 15.3. The summed E-state index contributed by atoms with van der Waals surface area (Å²) in [5.74, 6) is -1.75. The second-order valence-electron chi connectivity index (χ2n) is 7.36. The summed E-state index contributed by atoms with van der Waals surface area (Å²) < 4.78 is 14.6. The van der Waals surface area contributed by atoms with Gasteiger partial charge < -0.3 is 10.6 Å². The summed E-state index contributed by atoms with van der Waals surface area (Å²) in [6, 6.07) is 11.3. The fraction of sp³-hybridized carbons (Fsp3) is 0.286. The number of amides is 4. The van der Waals surface area contributed by atoms with Gasteiger partial charge in [-0.15, -0.1) is 0 Å². The van der Waals surface area contributed by atoms with Crippen molar-refractivity contribution in [1.29, 1.82) is 0 Å². The van der Waals surface area contributed by atoms with Crippen LogP contribution in [0.15, 0.2) is 42.5 Å². The Kier molecular flexibility index (Phi) is 4.37. The molecule has 2 fully saturated rings. The first kappa shape index (κ1) is 18.2. The number of nitrogens with one attached hydrogen (secondary N) is 3. The summed E-state index contributed by atoms with van der Waals surface area (Å²) in [4.78, 5) is 36.8. The average molecular weight is 381 g/mol. The molecule has 7 heteroatoms. The molecule has 0 bridgehead atoms. The van der Waals surface area contributed by atoms with Gasteiger partial charge in [-0.05, 0) is 42.9 Å². The van der Waals surface area contributed by atoms with E-state index >= 15 is 0 Å². The molecular formula is C21H20FN3O3. The van der Waals surface area contributed by atoms with Crippen molar-refractivity contribution in [3.05, 3.63) is 59.4 Å².